The highest BCUT2D eigenvalue weighted by molar-refractivity contribution is 5.77. The zero-order valence-corrected chi connectivity index (χ0v) is 12.1. The Labute approximate surface area is 127 Å². The molecule has 22 heavy (non-hydrogen) atoms. The van der Waals surface area contributed by atoms with E-state index < -0.39 is 0 Å². The number of aromatic amines is 1. The van der Waals surface area contributed by atoms with Crippen molar-refractivity contribution in [3.05, 3.63) is 53.8 Å². The van der Waals surface area contributed by atoms with E-state index in [1.807, 2.05) is 24.3 Å². The van der Waals surface area contributed by atoms with Crippen molar-refractivity contribution in [1.29, 1.82) is 0 Å². The van der Waals surface area contributed by atoms with Crippen LogP contribution in [-0.4, -0.2) is 23.9 Å². The average Bonchev–Trinajstić information content (AvgIpc) is 2.95. The van der Waals surface area contributed by atoms with Crippen molar-refractivity contribution >= 4 is 17.0 Å². The molecule has 0 spiro atoms. The van der Waals surface area contributed by atoms with E-state index in [9.17, 15) is 4.39 Å². The van der Waals surface area contributed by atoms with Crippen LogP contribution in [0.2, 0.25) is 0 Å². The van der Waals surface area contributed by atoms with E-state index in [4.69, 9.17) is 9.47 Å². The predicted molar refractivity (Wildman–Crippen MR) is 82.3 cm³/mol. The Morgan fingerprint density at radius 2 is 2.09 bits per heavy atom. The molecule has 6 heteroatoms. The van der Waals surface area contributed by atoms with Gasteiger partial charge in [-0.2, -0.15) is 0 Å². The summed E-state index contributed by atoms with van der Waals surface area (Å²) < 4.78 is 23.7. The number of aromatic nitrogens is 2. The molecule has 0 saturated carbocycles. The maximum atomic E-state index is 13.4. The molecule has 0 atom stereocenters. The van der Waals surface area contributed by atoms with Crippen LogP contribution in [0.5, 0.6) is 5.75 Å². The van der Waals surface area contributed by atoms with Gasteiger partial charge in [0.05, 0.1) is 11.0 Å². The maximum Gasteiger partial charge on any atom is 0.201 e. The number of anilines is 1. The van der Waals surface area contributed by atoms with Gasteiger partial charge in [-0.15, -0.1) is 0 Å². The molecule has 0 fully saturated rings. The van der Waals surface area contributed by atoms with Gasteiger partial charge >= 0.3 is 0 Å². The molecule has 3 rings (SSSR count). The van der Waals surface area contributed by atoms with E-state index in [1.165, 1.54) is 19.2 Å². The number of rotatable bonds is 6. The molecule has 1 aromatic heterocycles. The topological polar surface area (TPSA) is 59.2 Å². The third kappa shape index (κ3) is 3.17. The second-order valence-electron chi connectivity index (χ2n) is 4.76. The first-order chi connectivity index (χ1) is 10.8. The van der Waals surface area contributed by atoms with Gasteiger partial charge in [0.15, 0.2) is 6.79 Å². The number of para-hydroxylation sites is 2. The average molecular weight is 301 g/mol. The van der Waals surface area contributed by atoms with Crippen molar-refractivity contribution in [2.24, 2.45) is 0 Å². The molecular weight excluding hydrogens is 285 g/mol. The highest BCUT2D eigenvalue weighted by atomic mass is 19.1. The number of ether oxygens (including phenoxy) is 2. The van der Waals surface area contributed by atoms with Gasteiger partial charge in [-0.3, -0.25) is 0 Å². The highest BCUT2D eigenvalue weighted by Crippen LogP contribution is 2.21. The fraction of sp³-hybridized carbons (Fsp3) is 0.188. The molecule has 1 heterocycles. The Morgan fingerprint density at radius 1 is 1.23 bits per heavy atom. The van der Waals surface area contributed by atoms with Gasteiger partial charge in [0, 0.05) is 19.2 Å². The van der Waals surface area contributed by atoms with Crippen molar-refractivity contribution in [3.8, 4) is 5.75 Å². The molecule has 0 aliphatic carbocycles. The Hall–Kier alpha value is -2.60. The zero-order valence-electron chi connectivity index (χ0n) is 12.1. The summed E-state index contributed by atoms with van der Waals surface area (Å²) in [7, 11) is 1.54. The number of H-pyrrole nitrogens is 1. The van der Waals surface area contributed by atoms with E-state index in [1.54, 1.807) is 6.07 Å². The van der Waals surface area contributed by atoms with Crippen molar-refractivity contribution in [2.75, 3.05) is 19.2 Å². The summed E-state index contributed by atoms with van der Waals surface area (Å²) in [6.45, 7) is 0.500. The molecule has 0 amide bonds. The van der Waals surface area contributed by atoms with Crippen molar-refractivity contribution in [2.45, 2.75) is 6.54 Å². The number of methoxy groups -OCH3 is 1. The van der Waals surface area contributed by atoms with Crippen molar-refractivity contribution in [3.63, 3.8) is 0 Å². The summed E-state index contributed by atoms with van der Waals surface area (Å²) in [4.78, 5) is 7.58. The number of hydrogen-bond acceptors (Lipinski definition) is 4. The van der Waals surface area contributed by atoms with Crippen LogP contribution in [0.25, 0.3) is 11.0 Å². The SMILES string of the molecule is COCOc1ccc(F)cc1CNc1nc2ccccc2[nH]1. The molecule has 114 valence electrons. The number of imidazole rings is 1. The maximum absolute atomic E-state index is 13.4. The minimum Gasteiger partial charge on any atom is -0.467 e. The van der Waals surface area contributed by atoms with Crippen molar-refractivity contribution in [1.82, 2.24) is 9.97 Å². The first-order valence-corrected chi connectivity index (χ1v) is 6.85. The van der Waals surface area contributed by atoms with Gasteiger partial charge in [-0.1, -0.05) is 12.1 Å². The summed E-state index contributed by atoms with van der Waals surface area (Å²) in [5.41, 5.74) is 2.51. The predicted octanol–water partition coefficient (Wildman–Crippen LogP) is 3.30. The minimum absolute atomic E-state index is 0.114. The van der Waals surface area contributed by atoms with Gasteiger partial charge in [0.2, 0.25) is 5.95 Å². The van der Waals surface area contributed by atoms with E-state index >= 15 is 0 Å². The zero-order chi connectivity index (χ0) is 15.4. The van der Waals surface area contributed by atoms with Crippen LogP contribution >= 0.6 is 0 Å². The van der Waals surface area contributed by atoms with Gasteiger partial charge in [0.25, 0.3) is 0 Å². The van der Waals surface area contributed by atoms with E-state index in [-0.39, 0.29) is 12.6 Å². The Kier molecular flexibility index (Phi) is 4.20. The second-order valence-corrected chi connectivity index (χ2v) is 4.76. The third-order valence-corrected chi connectivity index (χ3v) is 3.19. The Balaban J connectivity index is 1.76. The van der Waals surface area contributed by atoms with E-state index in [0.717, 1.165) is 11.0 Å². The van der Waals surface area contributed by atoms with Crippen LogP contribution in [0.4, 0.5) is 10.3 Å². The molecule has 0 bridgehead atoms. The highest BCUT2D eigenvalue weighted by Gasteiger charge is 2.07. The lowest BCUT2D eigenvalue weighted by molar-refractivity contribution is 0.0504. The molecular formula is C16H16FN3O2. The number of benzene rings is 2. The molecule has 0 aliphatic rings. The largest absolute Gasteiger partial charge is 0.467 e. The van der Waals surface area contributed by atoms with Crippen LogP contribution < -0.4 is 10.1 Å². The van der Waals surface area contributed by atoms with Crippen molar-refractivity contribution < 1.29 is 13.9 Å². The summed E-state index contributed by atoms with van der Waals surface area (Å²) in [5.74, 6) is 0.890. The summed E-state index contributed by atoms with van der Waals surface area (Å²) in [5, 5.41) is 3.14. The number of hydrogen-bond donors (Lipinski definition) is 2. The fourth-order valence-corrected chi connectivity index (χ4v) is 2.16. The van der Waals surface area contributed by atoms with Gasteiger partial charge in [-0.25, -0.2) is 9.37 Å². The van der Waals surface area contributed by atoms with Crippen LogP contribution in [0, 0.1) is 5.82 Å². The lowest BCUT2D eigenvalue weighted by Gasteiger charge is -2.11. The van der Waals surface area contributed by atoms with Crippen LogP contribution in [-0.2, 0) is 11.3 Å². The standard InChI is InChI=1S/C16H16FN3O2/c1-21-10-22-15-7-6-12(17)8-11(15)9-18-16-19-13-4-2-3-5-14(13)20-16/h2-8H,9-10H2,1H3,(H2,18,19,20). The van der Waals surface area contributed by atoms with E-state index in [2.05, 4.69) is 15.3 Å². The summed E-state index contributed by atoms with van der Waals surface area (Å²) >= 11 is 0. The Morgan fingerprint density at radius 3 is 2.91 bits per heavy atom. The number of nitrogens with one attached hydrogen (secondary N) is 2. The monoisotopic (exact) mass is 301 g/mol. The molecule has 3 aromatic rings. The molecule has 0 radical (unpaired) electrons. The van der Waals surface area contributed by atoms with Crippen LogP contribution in [0.3, 0.4) is 0 Å². The normalized spacial score (nSPS) is 10.8. The lowest BCUT2D eigenvalue weighted by atomic mass is 10.2. The van der Waals surface area contributed by atoms with Crippen LogP contribution in [0.1, 0.15) is 5.56 Å². The molecule has 0 aliphatic heterocycles. The van der Waals surface area contributed by atoms with Gasteiger partial charge in [-0.05, 0) is 30.3 Å². The lowest BCUT2D eigenvalue weighted by Crippen LogP contribution is -2.06. The number of fused-ring (bicyclic) bond motifs is 1. The van der Waals surface area contributed by atoms with Gasteiger partial charge < -0.3 is 19.8 Å². The quantitative estimate of drug-likeness (QED) is 0.686. The molecule has 0 unspecified atom stereocenters. The Bertz CT molecular complexity index is 740. The number of halogens is 1. The molecule has 5 nitrogen and oxygen atoms in total. The summed E-state index contributed by atoms with van der Waals surface area (Å²) in [6, 6.07) is 12.1. The molecule has 2 aromatic carbocycles. The molecule has 2 N–H and O–H groups in total. The third-order valence-electron chi connectivity index (χ3n) is 3.19. The second kappa shape index (κ2) is 6.44. The van der Waals surface area contributed by atoms with E-state index in [0.29, 0.717) is 23.8 Å². The summed E-state index contributed by atoms with van der Waals surface area (Å²) in [6.07, 6.45) is 0. The van der Waals surface area contributed by atoms with Crippen LogP contribution in [0.15, 0.2) is 42.5 Å². The fourth-order valence-electron chi connectivity index (χ4n) is 2.16. The molecule has 0 saturated heterocycles. The minimum atomic E-state index is -0.314. The number of nitrogens with zero attached hydrogens (tertiary/aromatic N) is 1. The first kappa shape index (κ1) is 14.3. The smallest absolute Gasteiger partial charge is 0.201 e. The first-order valence-electron chi connectivity index (χ1n) is 6.85. The van der Waals surface area contributed by atoms with Gasteiger partial charge in [0.1, 0.15) is 11.6 Å².